The molecule has 0 N–H and O–H groups in total. The predicted molar refractivity (Wildman–Crippen MR) is 224 cm³/mol. The quantitative estimate of drug-likeness (QED) is 0.184. The Bertz CT molecular complexity index is 3000. The van der Waals surface area contributed by atoms with Gasteiger partial charge in [-0.25, -0.2) is 9.97 Å². The van der Waals surface area contributed by atoms with E-state index in [0.717, 1.165) is 37.3 Å². The van der Waals surface area contributed by atoms with Crippen molar-refractivity contribution in [1.82, 2.24) is 19.1 Å². The smallest absolute Gasteiger partial charge is 0.137 e. The minimum Gasteiger partial charge on any atom is -0.298 e. The number of pyridine rings is 2. The van der Waals surface area contributed by atoms with Crippen molar-refractivity contribution in [3.05, 3.63) is 179 Å². The van der Waals surface area contributed by atoms with Crippen LogP contribution in [0.5, 0.6) is 0 Å². The lowest BCUT2D eigenvalue weighted by Gasteiger charge is -2.21. The number of nitrogens with zero attached hydrogens (tertiary/aromatic N) is 4. The van der Waals surface area contributed by atoms with Crippen LogP contribution >= 0.6 is 0 Å². The lowest BCUT2D eigenvalue weighted by Crippen LogP contribution is -2.07. The standard InChI is InChI=1S/C50H38N4/c1-31-11-3-5-13-37(31)33-19-21-45-41(25-33)43-27-35-17-18-36-28-44-42-26-34(38-14-6-4-12-32(38)2)20-22-46(42)54(50-16-8-10-24-52-50)48(44)30-40(36)39(35)29-47(43)53(45)49-15-7-9-23-51-49/h3-16,19,21,23-30H,17-18,20,22H2,1-2H3. The van der Waals surface area contributed by atoms with Gasteiger partial charge in [-0.2, -0.15) is 0 Å². The van der Waals surface area contributed by atoms with E-state index < -0.39 is 0 Å². The fourth-order valence-electron chi connectivity index (χ4n) is 9.35. The van der Waals surface area contributed by atoms with Gasteiger partial charge in [-0.05, 0) is 162 Å². The van der Waals surface area contributed by atoms with E-state index in [2.05, 4.69) is 144 Å². The van der Waals surface area contributed by atoms with Crippen molar-refractivity contribution in [3.63, 3.8) is 0 Å². The zero-order chi connectivity index (χ0) is 35.9. The van der Waals surface area contributed by atoms with Crippen LogP contribution < -0.4 is 0 Å². The molecule has 5 aromatic carbocycles. The molecule has 0 aliphatic heterocycles. The van der Waals surface area contributed by atoms with Gasteiger partial charge in [0.1, 0.15) is 11.6 Å². The van der Waals surface area contributed by atoms with Gasteiger partial charge in [0, 0.05) is 39.8 Å². The summed E-state index contributed by atoms with van der Waals surface area (Å²) in [7, 11) is 0. The molecule has 0 amide bonds. The summed E-state index contributed by atoms with van der Waals surface area (Å²) in [6.45, 7) is 4.42. The van der Waals surface area contributed by atoms with Gasteiger partial charge in [0.25, 0.3) is 0 Å². The van der Waals surface area contributed by atoms with E-state index in [0.29, 0.717) is 0 Å². The molecule has 9 aromatic rings. The Morgan fingerprint density at radius 3 is 1.72 bits per heavy atom. The van der Waals surface area contributed by atoms with Crippen LogP contribution in [-0.2, 0) is 19.3 Å². The van der Waals surface area contributed by atoms with Crippen LogP contribution in [0.15, 0.2) is 140 Å². The van der Waals surface area contributed by atoms with E-state index in [9.17, 15) is 0 Å². The topological polar surface area (TPSA) is 35.6 Å². The molecule has 0 radical (unpaired) electrons. The van der Waals surface area contributed by atoms with Crippen LogP contribution in [0.4, 0.5) is 0 Å². The molecule has 0 atom stereocenters. The number of allylic oxidation sites excluding steroid dienone is 1. The Morgan fingerprint density at radius 1 is 0.463 bits per heavy atom. The summed E-state index contributed by atoms with van der Waals surface area (Å²) < 4.78 is 4.79. The number of hydrogen-bond acceptors (Lipinski definition) is 2. The first-order valence-corrected chi connectivity index (χ1v) is 19.1. The summed E-state index contributed by atoms with van der Waals surface area (Å²) >= 11 is 0. The van der Waals surface area contributed by atoms with Crippen LogP contribution in [0.3, 0.4) is 0 Å². The van der Waals surface area contributed by atoms with Crippen molar-refractivity contribution < 1.29 is 0 Å². The van der Waals surface area contributed by atoms with Crippen molar-refractivity contribution in [2.24, 2.45) is 0 Å². The second-order valence-electron chi connectivity index (χ2n) is 15.0. The predicted octanol–water partition coefficient (Wildman–Crippen LogP) is 12.1. The van der Waals surface area contributed by atoms with E-state index in [1.807, 2.05) is 24.5 Å². The zero-order valence-corrected chi connectivity index (χ0v) is 30.5. The lowest BCUT2D eigenvalue weighted by atomic mass is 9.83. The number of aryl methyl sites for hydroxylation is 4. The fraction of sp³-hybridized carbons (Fsp3) is 0.120. The van der Waals surface area contributed by atoms with Crippen molar-refractivity contribution >= 4 is 44.4 Å². The van der Waals surface area contributed by atoms with Gasteiger partial charge in [-0.3, -0.25) is 9.13 Å². The molecule has 0 saturated heterocycles. The minimum absolute atomic E-state index is 0.931. The van der Waals surface area contributed by atoms with Gasteiger partial charge < -0.3 is 0 Å². The molecule has 0 saturated carbocycles. The molecule has 4 aromatic heterocycles. The molecular formula is C50H38N4. The summed E-state index contributed by atoms with van der Waals surface area (Å²) in [5.74, 6) is 1.91. The molecule has 4 heteroatoms. The molecule has 0 spiro atoms. The highest BCUT2D eigenvalue weighted by Gasteiger charge is 2.27. The van der Waals surface area contributed by atoms with E-state index in [1.54, 1.807) is 0 Å². The first-order chi connectivity index (χ1) is 26.6. The Kier molecular flexibility index (Phi) is 6.90. The third-order valence-corrected chi connectivity index (χ3v) is 11.9. The minimum atomic E-state index is 0.931. The van der Waals surface area contributed by atoms with Gasteiger partial charge in [-0.1, -0.05) is 66.7 Å². The van der Waals surface area contributed by atoms with E-state index in [4.69, 9.17) is 9.97 Å². The highest BCUT2D eigenvalue weighted by atomic mass is 15.1. The molecule has 0 bridgehead atoms. The summed E-state index contributed by atoms with van der Waals surface area (Å²) in [6, 6.07) is 46.7. The molecule has 258 valence electrons. The number of benzene rings is 5. The van der Waals surface area contributed by atoms with Crippen LogP contribution in [0, 0.1) is 13.8 Å². The number of hydrogen-bond donors (Lipinski definition) is 0. The van der Waals surface area contributed by atoms with Crippen molar-refractivity contribution in [3.8, 4) is 33.9 Å². The first-order valence-electron chi connectivity index (χ1n) is 19.1. The normalized spacial score (nSPS) is 13.6. The van der Waals surface area contributed by atoms with Crippen LogP contribution in [-0.4, -0.2) is 19.1 Å². The Labute approximate surface area is 314 Å². The maximum atomic E-state index is 4.90. The van der Waals surface area contributed by atoms with Crippen molar-refractivity contribution in [2.45, 2.75) is 39.5 Å². The maximum absolute atomic E-state index is 4.90. The molecule has 4 heterocycles. The molecule has 0 unspecified atom stereocenters. The molecule has 2 aliphatic carbocycles. The summed E-state index contributed by atoms with van der Waals surface area (Å²) in [4.78, 5) is 9.78. The summed E-state index contributed by atoms with van der Waals surface area (Å²) in [6.07, 6.45) is 10.3. The second-order valence-corrected chi connectivity index (χ2v) is 15.0. The van der Waals surface area contributed by atoms with E-state index in [-0.39, 0.29) is 0 Å². The lowest BCUT2D eigenvalue weighted by molar-refractivity contribution is 0.878. The number of fused-ring (bicyclic) bond motifs is 9. The highest BCUT2D eigenvalue weighted by Crippen LogP contribution is 2.45. The Balaban J connectivity index is 1.16. The highest BCUT2D eigenvalue weighted by molar-refractivity contribution is 6.12. The summed E-state index contributed by atoms with van der Waals surface area (Å²) in [5.41, 5.74) is 19.6. The van der Waals surface area contributed by atoms with Crippen LogP contribution in [0.25, 0.3) is 78.2 Å². The molecule has 11 rings (SSSR count). The SMILES string of the molecule is Cc1ccccc1C1=Cc2c(n(-c3ccccn3)c3cc4c(cc23)CCc2cc3c5cc(-c6ccccc6C)ccc5n(-c5ccccn5)c3cc2-4)CC1. The average Bonchev–Trinajstić information content (AvgIpc) is 3.71. The third kappa shape index (κ3) is 4.69. The molecule has 4 nitrogen and oxygen atoms in total. The third-order valence-electron chi connectivity index (χ3n) is 11.9. The molecule has 54 heavy (non-hydrogen) atoms. The van der Waals surface area contributed by atoms with Crippen LogP contribution in [0.2, 0.25) is 0 Å². The second kappa shape index (κ2) is 12.0. The fourth-order valence-corrected chi connectivity index (χ4v) is 9.35. The number of aromatic nitrogens is 4. The molecule has 0 fully saturated rings. The van der Waals surface area contributed by atoms with Crippen molar-refractivity contribution in [2.75, 3.05) is 0 Å². The van der Waals surface area contributed by atoms with Gasteiger partial charge in [0.15, 0.2) is 0 Å². The maximum Gasteiger partial charge on any atom is 0.137 e. The van der Waals surface area contributed by atoms with E-state index >= 15 is 0 Å². The monoisotopic (exact) mass is 694 g/mol. The summed E-state index contributed by atoms with van der Waals surface area (Å²) in [5, 5.41) is 3.85. The average molecular weight is 695 g/mol. The Hall–Kier alpha value is -6.52. The molecular weight excluding hydrogens is 657 g/mol. The molecule has 2 aliphatic rings. The van der Waals surface area contributed by atoms with Crippen LogP contribution in [0.1, 0.15) is 45.5 Å². The van der Waals surface area contributed by atoms with Gasteiger partial charge in [-0.15, -0.1) is 0 Å². The Morgan fingerprint density at radius 2 is 1.06 bits per heavy atom. The number of rotatable bonds is 4. The first kappa shape index (κ1) is 31.0. The van der Waals surface area contributed by atoms with Crippen molar-refractivity contribution in [1.29, 1.82) is 0 Å². The zero-order valence-electron chi connectivity index (χ0n) is 30.5. The van der Waals surface area contributed by atoms with Gasteiger partial charge >= 0.3 is 0 Å². The van der Waals surface area contributed by atoms with Gasteiger partial charge in [0.05, 0.1) is 16.6 Å². The largest absolute Gasteiger partial charge is 0.298 e. The van der Waals surface area contributed by atoms with E-state index in [1.165, 1.54) is 99.6 Å². The van der Waals surface area contributed by atoms with Gasteiger partial charge in [0.2, 0.25) is 0 Å².